The summed E-state index contributed by atoms with van der Waals surface area (Å²) in [5, 5.41) is 21.0. The highest BCUT2D eigenvalue weighted by Gasteiger charge is 2.30. The number of hydrogen-bond donors (Lipinski definition) is 2. The molecule has 5 nitrogen and oxygen atoms in total. The highest BCUT2D eigenvalue weighted by molar-refractivity contribution is 7.99. The predicted molar refractivity (Wildman–Crippen MR) is 93.5 cm³/mol. The van der Waals surface area contributed by atoms with Crippen molar-refractivity contribution in [3.05, 3.63) is 35.4 Å². The van der Waals surface area contributed by atoms with E-state index in [1.807, 2.05) is 12.1 Å². The van der Waals surface area contributed by atoms with Crippen LogP contribution in [0.25, 0.3) is 0 Å². The van der Waals surface area contributed by atoms with E-state index in [0.717, 1.165) is 31.2 Å². The molecule has 1 aromatic rings. The normalized spacial score (nSPS) is 20.6. The Balaban J connectivity index is 1.79. The minimum absolute atomic E-state index is 0.105. The van der Waals surface area contributed by atoms with Crippen LogP contribution < -0.4 is 5.32 Å². The zero-order valence-electron chi connectivity index (χ0n) is 13.5. The molecule has 2 N–H and O–H groups in total. The number of nitriles is 1. The van der Waals surface area contributed by atoms with Crippen LogP contribution in [0.5, 0.6) is 0 Å². The summed E-state index contributed by atoms with van der Waals surface area (Å²) in [5.41, 5.74) is 1.68. The molecule has 0 bridgehead atoms. The minimum atomic E-state index is -0.813. The quantitative estimate of drug-likeness (QED) is 0.773. The molecular formula is C18H22N2O3S. The molecule has 1 aromatic carbocycles. The number of hydrogen-bond acceptors (Lipinski definition) is 4. The summed E-state index contributed by atoms with van der Waals surface area (Å²) >= 11 is 1.49. The van der Waals surface area contributed by atoms with Gasteiger partial charge in [-0.2, -0.15) is 5.26 Å². The lowest BCUT2D eigenvalue weighted by Crippen LogP contribution is -2.43. The van der Waals surface area contributed by atoms with Gasteiger partial charge in [-0.25, -0.2) is 0 Å². The summed E-state index contributed by atoms with van der Waals surface area (Å²) in [6.07, 6.45) is 4.29. The van der Waals surface area contributed by atoms with Gasteiger partial charge < -0.3 is 10.4 Å². The number of nitrogens with one attached hydrogen (secondary N) is 1. The number of benzene rings is 1. The maximum Gasteiger partial charge on any atom is 0.308 e. The Hall–Kier alpha value is -2.00. The third-order valence-corrected chi connectivity index (χ3v) is 5.27. The number of thioether (sulfide) groups is 1. The smallest absolute Gasteiger partial charge is 0.308 e. The number of nitrogens with zero attached hydrogens (tertiary/aromatic N) is 1. The fourth-order valence-corrected chi connectivity index (χ4v) is 3.76. The second-order valence-corrected chi connectivity index (χ2v) is 7.04. The van der Waals surface area contributed by atoms with Gasteiger partial charge in [-0.05, 0) is 30.5 Å². The number of carbonyl (C=O) groups is 2. The molecule has 0 spiro atoms. The maximum atomic E-state index is 12.1. The number of carboxylic acids is 1. The van der Waals surface area contributed by atoms with Crippen molar-refractivity contribution in [3.8, 4) is 6.07 Å². The van der Waals surface area contributed by atoms with Crippen molar-refractivity contribution in [1.82, 2.24) is 5.32 Å². The number of carbonyl (C=O) groups excluding carboxylic acids is 1. The average Bonchev–Trinajstić information content (AvgIpc) is 2.81. The zero-order valence-corrected chi connectivity index (χ0v) is 14.3. The van der Waals surface area contributed by atoms with Crippen LogP contribution >= 0.6 is 11.8 Å². The molecule has 1 aliphatic rings. The number of rotatable bonds is 6. The number of carboxylic acid groups (broad SMARTS) is 1. The van der Waals surface area contributed by atoms with E-state index in [9.17, 15) is 14.7 Å². The van der Waals surface area contributed by atoms with Crippen LogP contribution in [0.4, 0.5) is 0 Å². The zero-order chi connectivity index (χ0) is 17.4. The Morgan fingerprint density at radius 1 is 1.21 bits per heavy atom. The van der Waals surface area contributed by atoms with Crippen LogP contribution in [0.15, 0.2) is 24.3 Å². The van der Waals surface area contributed by atoms with Gasteiger partial charge in [0.2, 0.25) is 5.91 Å². The molecule has 0 radical (unpaired) electrons. The molecule has 128 valence electrons. The first-order chi connectivity index (χ1) is 11.6. The van der Waals surface area contributed by atoms with E-state index >= 15 is 0 Å². The van der Waals surface area contributed by atoms with E-state index in [0.29, 0.717) is 23.5 Å². The first-order valence-electron chi connectivity index (χ1n) is 8.19. The highest BCUT2D eigenvalue weighted by Crippen LogP contribution is 2.24. The van der Waals surface area contributed by atoms with Crippen LogP contribution in [-0.4, -0.2) is 28.8 Å². The standard InChI is InChI=1S/C18H22N2O3S/c19-10-13-6-8-14(9-7-13)11-24-12-17(21)20-16-5-3-1-2-4-15(16)18(22)23/h6-9,15-16H,1-5,11-12H2,(H,20,21)(H,22,23)/t15-,16+/m1/s1. The molecule has 0 aromatic heterocycles. The Morgan fingerprint density at radius 3 is 2.58 bits per heavy atom. The molecule has 1 fully saturated rings. The third-order valence-electron chi connectivity index (χ3n) is 4.26. The van der Waals surface area contributed by atoms with E-state index in [1.165, 1.54) is 11.8 Å². The average molecular weight is 346 g/mol. The summed E-state index contributed by atoms with van der Waals surface area (Å²) in [5.74, 6) is -0.395. The molecule has 24 heavy (non-hydrogen) atoms. The fourth-order valence-electron chi connectivity index (χ4n) is 2.96. The van der Waals surface area contributed by atoms with Gasteiger partial charge in [0, 0.05) is 11.8 Å². The van der Waals surface area contributed by atoms with Crippen molar-refractivity contribution >= 4 is 23.6 Å². The number of amides is 1. The second-order valence-electron chi connectivity index (χ2n) is 6.06. The van der Waals surface area contributed by atoms with Crippen molar-refractivity contribution in [2.75, 3.05) is 5.75 Å². The van der Waals surface area contributed by atoms with Crippen LogP contribution in [0.1, 0.15) is 43.2 Å². The van der Waals surface area contributed by atoms with E-state index in [2.05, 4.69) is 11.4 Å². The SMILES string of the molecule is N#Cc1ccc(CSCC(=O)N[C@H]2CCCCC[C@H]2C(=O)O)cc1. The lowest BCUT2D eigenvalue weighted by molar-refractivity contribution is -0.143. The lowest BCUT2D eigenvalue weighted by atomic mass is 9.95. The van der Waals surface area contributed by atoms with Crippen LogP contribution in [-0.2, 0) is 15.3 Å². The molecule has 2 rings (SSSR count). The van der Waals surface area contributed by atoms with Crippen LogP contribution in [0.2, 0.25) is 0 Å². The number of aliphatic carboxylic acids is 1. The van der Waals surface area contributed by atoms with Crippen LogP contribution in [0.3, 0.4) is 0 Å². The Labute approximate surface area is 146 Å². The van der Waals surface area contributed by atoms with Gasteiger partial charge in [0.1, 0.15) is 0 Å². The molecule has 0 unspecified atom stereocenters. The lowest BCUT2D eigenvalue weighted by Gasteiger charge is -2.22. The molecule has 1 saturated carbocycles. The van der Waals surface area contributed by atoms with Gasteiger partial charge in [-0.3, -0.25) is 9.59 Å². The topological polar surface area (TPSA) is 90.2 Å². The largest absolute Gasteiger partial charge is 0.481 e. The minimum Gasteiger partial charge on any atom is -0.481 e. The molecule has 1 aliphatic carbocycles. The first-order valence-corrected chi connectivity index (χ1v) is 9.34. The summed E-state index contributed by atoms with van der Waals surface area (Å²) in [6.45, 7) is 0. The molecule has 0 saturated heterocycles. The van der Waals surface area contributed by atoms with E-state index in [1.54, 1.807) is 12.1 Å². The van der Waals surface area contributed by atoms with Crippen molar-refractivity contribution < 1.29 is 14.7 Å². The summed E-state index contributed by atoms with van der Waals surface area (Å²) in [6, 6.07) is 9.11. The molecule has 0 heterocycles. The summed E-state index contributed by atoms with van der Waals surface area (Å²) < 4.78 is 0. The van der Waals surface area contributed by atoms with Gasteiger partial charge >= 0.3 is 5.97 Å². The van der Waals surface area contributed by atoms with Crippen LogP contribution in [0, 0.1) is 17.2 Å². The predicted octanol–water partition coefficient (Wildman–Crippen LogP) is 2.94. The van der Waals surface area contributed by atoms with Crippen molar-refractivity contribution in [2.45, 2.75) is 43.9 Å². The summed E-state index contributed by atoms with van der Waals surface area (Å²) in [4.78, 5) is 23.5. The van der Waals surface area contributed by atoms with E-state index in [-0.39, 0.29) is 11.9 Å². The summed E-state index contributed by atoms with van der Waals surface area (Å²) in [7, 11) is 0. The fraction of sp³-hybridized carbons (Fsp3) is 0.500. The van der Waals surface area contributed by atoms with Gasteiger partial charge in [0.05, 0.1) is 23.3 Å². The molecule has 0 aliphatic heterocycles. The maximum absolute atomic E-state index is 12.1. The van der Waals surface area contributed by atoms with E-state index in [4.69, 9.17) is 5.26 Å². The Morgan fingerprint density at radius 2 is 1.92 bits per heavy atom. The third kappa shape index (κ3) is 5.57. The first kappa shape index (κ1) is 18.3. The van der Waals surface area contributed by atoms with Crippen molar-refractivity contribution in [1.29, 1.82) is 5.26 Å². The van der Waals surface area contributed by atoms with Gasteiger partial charge in [-0.15, -0.1) is 11.8 Å². The van der Waals surface area contributed by atoms with E-state index < -0.39 is 11.9 Å². The monoisotopic (exact) mass is 346 g/mol. The Bertz CT molecular complexity index is 610. The molecule has 1 amide bonds. The highest BCUT2D eigenvalue weighted by atomic mass is 32.2. The molecule has 6 heteroatoms. The molecule has 2 atom stereocenters. The Kier molecular flexibility index (Phi) is 7.13. The molecular weight excluding hydrogens is 324 g/mol. The van der Waals surface area contributed by atoms with Gasteiger partial charge in [0.15, 0.2) is 0 Å². The van der Waals surface area contributed by atoms with Gasteiger partial charge in [0.25, 0.3) is 0 Å². The van der Waals surface area contributed by atoms with Crippen molar-refractivity contribution in [3.63, 3.8) is 0 Å². The van der Waals surface area contributed by atoms with Crippen molar-refractivity contribution in [2.24, 2.45) is 5.92 Å². The second kappa shape index (κ2) is 9.33. The van der Waals surface area contributed by atoms with Gasteiger partial charge in [-0.1, -0.05) is 31.4 Å².